The van der Waals surface area contributed by atoms with E-state index < -0.39 is 13.9 Å². The minimum absolute atomic E-state index is 0.0751. The van der Waals surface area contributed by atoms with Crippen molar-refractivity contribution in [1.82, 2.24) is 0 Å². The van der Waals surface area contributed by atoms with Gasteiger partial charge in [0.05, 0.1) is 92.5 Å². The maximum absolute atomic E-state index is 11.5. The summed E-state index contributed by atoms with van der Waals surface area (Å²) in [5.74, 6) is -0.380. The number of hydrogen-bond acceptors (Lipinski definition) is 10. The minimum Gasteiger partial charge on any atom is -0.458 e. The van der Waals surface area contributed by atoms with E-state index in [1.54, 1.807) is 0 Å². The lowest BCUT2D eigenvalue weighted by Gasteiger charge is -2.36. The van der Waals surface area contributed by atoms with Crippen molar-refractivity contribution in [3.05, 3.63) is 0 Å². The molecule has 0 aliphatic heterocycles. The lowest BCUT2D eigenvalue weighted by molar-refractivity contribution is -0.160. The van der Waals surface area contributed by atoms with Crippen LogP contribution < -0.4 is 0 Å². The second-order valence-corrected chi connectivity index (χ2v) is 15.7. The van der Waals surface area contributed by atoms with Crippen LogP contribution in [0.1, 0.15) is 41.5 Å². The standard InChI is InChI=1S/C26H54O10Si/c1-25(2,3)36-24(27)23-34-20-19-32-16-15-30-12-11-28-9-10-29-13-14-31-17-18-33-21-22-35-37(7,8)26(4,5)6/h9-23H2,1-8H3. The predicted molar refractivity (Wildman–Crippen MR) is 145 cm³/mol. The molecule has 0 aromatic carbocycles. The highest BCUT2D eigenvalue weighted by Gasteiger charge is 2.36. The van der Waals surface area contributed by atoms with Crippen molar-refractivity contribution in [3.8, 4) is 0 Å². The van der Waals surface area contributed by atoms with Crippen LogP contribution in [0.25, 0.3) is 0 Å². The Balaban J connectivity index is 3.23. The van der Waals surface area contributed by atoms with E-state index in [0.29, 0.717) is 92.5 Å². The van der Waals surface area contributed by atoms with Crippen molar-refractivity contribution < 1.29 is 47.1 Å². The molecule has 0 unspecified atom stereocenters. The number of carbonyl (C=O) groups is 1. The molecular weight excluding hydrogens is 500 g/mol. The van der Waals surface area contributed by atoms with Crippen LogP contribution in [0, 0.1) is 0 Å². The van der Waals surface area contributed by atoms with Crippen molar-refractivity contribution in [2.24, 2.45) is 0 Å². The van der Waals surface area contributed by atoms with Gasteiger partial charge in [0.15, 0.2) is 8.32 Å². The van der Waals surface area contributed by atoms with Crippen molar-refractivity contribution in [2.45, 2.75) is 65.3 Å². The maximum atomic E-state index is 11.5. The Kier molecular flexibility index (Phi) is 20.9. The molecule has 222 valence electrons. The molecule has 0 bridgehead atoms. The van der Waals surface area contributed by atoms with Gasteiger partial charge in [0.2, 0.25) is 0 Å². The molecule has 0 aliphatic rings. The molecule has 0 radical (unpaired) electrons. The molecule has 0 aromatic rings. The lowest BCUT2D eigenvalue weighted by Crippen LogP contribution is -2.41. The fourth-order valence-electron chi connectivity index (χ4n) is 2.42. The molecule has 0 rings (SSSR count). The van der Waals surface area contributed by atoms with Gasteiger partial charge < -0.3 is 42.3 Å². The van der Waals surface area contributed by atoms with Gasteiger partial charge in [-0.2, -0.15) is 0 Å². The van der Waals surface area contributed by atoms with Gasteiger partial charge in [-0.15, -0.1) is 0 Å². The summed E-state index contributed by atoms with van der Waals surface area (Å²) in [6.45, 7) is 23.6. The Hall–Kier alpha value is -0.633. The summed E-state index contributed by atoms with van der Waals surface area (Å²) in [5, 5.41) is 0.217. The molecule has 0 aromatic heterocycles. The Bertz CT molecular complexity index is 546. The summed E-state index contributed by atoms with van der Waals surface area (Å²) in [6.07, 6.45) is 0. The number of esters is 1. The molecule has 0 saturated heterocycles. The molecule has 0 saturated carbocycles. The number of carbonyl (C=O) groups excluding carboxylic acids is 1. The highest BCUT2D eigenvalue weighted by atomic mass is 28.4. The van der Waals surface area contributed by atoms with E-state index in [9.17, 15) is 4.79 Å². The van der Waals surface area contributed by atoms with Gasteiger partial charge in [-0.1, -0.05) is 20.8 Å². The zero-order valence-corrected chi connectivity index (χ0v) is 25.7. The molecule has 0 fully saturated rings. The van der Waals surface area contributed by atoms with Gasteiger partial charge in [-0.3, -0.25) is 0 Å². The molecule has 37 heavy (non-hydrogen) atoms. The van der Waals surface area contributed by atoms with Gasteiger partial charge in [0.1, 0.15) is 12.2 Å². The number of hydrogen-bond donors (Lipinski definition) is 0. The SMILES string of the molecule is CC(C)(C)OC(=O)COCCOCCOCCOCCOCCOCCOCCO[Si](C)(C)C(C)(C)C. The molecule has 0 heterocycles. The Morgan fingerprint density at radius 3 is 1.11 bits per heavy atom. The Morgan fingerprint density at radius 1 is 0.514 bits per heavy atom. The van der Waals surface area contributed by atoms with Crippen molar-refractivity contribution >= 4 is 14.3 Å². The quantitative estimate of drug-likeness (QED) is 0.100. The Labute approximate surface area is 226 Å². The first-order valence-electron chi connectivity index (χ1n) is 13.3. The predicted octanol–water partition coefficient (Wildman–Crippen LogP) is 3.47. The molecule has 11 heteroatoms. The van der Waals surface area contributed by atoms with Crippen LogP contribution in [0.4, 0.5) is 0 Å². The van der Waals surface area contributed by atoms with Gasteiger partial charge in [-0.25, -0.2) is 4.79 Å². The van der Waals surface area contributed by atoms with Gasteiger partial charge in [0, 0.05) is 0 Å². The first-order chi connectivity index (χ1) is 17.4. The van der Waals surface area contributed by atoms with Crippen LogP contribution in [0.15, 0.2) is 0 Å². The molecule has 0 spiro atoms. The van der Waals surface area contributed by atoms with Crippen LogP contribution >= 0.6 is 0 Å². The first-order valence-corrected chi connectivity index (χ1v) is 16.2. The van der Waals surface area contributed by atoms with Crippen LogP contribution in [-0.4, -0.2) is 119 Å². The van der Waals surface area contributed by atoms with Gasteiger partial charge in [0.25, 0.3) is 0 Å². The van der Waals surface area contributed by atoms with Gasteiger partial charge >= 0.3 is 5.97 Å². The van der Waals surface area contributed by atoms with E-state index >= 15 is 0 Å². The van der Waals surface area contributed by atoms with E-state index in [-0.39, 0.29) is 17.6 Å². The smallest absolute Gasteiger partial charge is 0.332 e. The van der Waals surface area contributed by atoms with Gasteiger partial charge in [-0.05, 0) is 38.9 Å². The fraction of sp³-hybridized carbons (Fsp3) is 0.962. The highest BCUT2D eigenvalue weighted by molar-refractivity contribution is 6.74. The molecule has 0 amide bonds. The second-order valence-electron chi connectivity index (χ2n) is 10.9. The van der Waals surface area contributed by atoms with Crippen LogP contribution in [0.3, 0.4) is 0 Å². The second kappa shape index (κ2) is 21.2. The summed E-state index contributed by atoms with van der Waals surface area (Å²) in [7, 11) is -1.69. The summed E-state index contributed by atoms with van der Waals surface area (Å²) in [5.41, 5.74) is -0.503. The maximum Gasteiger partial charge on any atom is 0.332 e. The van der Waals surface area contributed by atoms with E-state index in [4.69, 9.17) is 42.3 Å². The topological polar surface area (TPSA) is 100 Å². The molecule has 0 aliphatic carbocycles. The van der Waals surface area contributed by atoms with E-state index in [1.165, 1.54) is 0 Å². The summed E-state index contributed by atoms with van der Waals surface area (Å²) in [6, 6.07) is 0. The van der Waals surface area contributed by atoms with Crippen molar-refractivity contribution in [3.63, 3.8) is 0 Å². The largest absolute Gasteiger partial charge is 0.458 e. The van der Waals surface area contributed by atoms with Crippen molar-refractivity contribution in [1.29, 1.82) is 0 Å². The molecular formula is C26H54O10Si. The minimum atomic E-state index is -1.69. The molecule has 10 nitrogen and oxygen atoms in total. The zero-order valence-electron chi connectivity index (χ0n) is 24.7. The van der Waals surface area contributed by atoms with Crippen molar-refractivity contribution in [2.75, 3.05) is 99.1 Å². The van der Waals surface area contributed by atoms with Crippen LogP contribution in [-0.2, 0) is 47.1 Å². The zero-order chi connectivity index (χ0) is 28.0. The molecule has 0 N–H and O–H groups in total. The fourth-order valence-corrected chi connectivity index (χ4v) is 3.44. The summed E-state index contributed by atoms with van der Waals surface area (Å²) in [4.78, 5) is 11.5. The van der Waals surface area contributed by atoms with Crippen LogP contribution in [0.2, 0.25) is 18.1 Å². The average Bonchev–Trinajstić information content (AvgIpc) is 2.77. The summed E-state index contributed by atoms with van der Waals surface area (Å²) >= 11 is 0. The highest BCUT2D eigenvalue weighted by Crippen LogP contribution is 2.36. The van der Waals surface area contributed by atoms with E-state index in [0.717, 1.165) is 0 Å². The summed E-state index contributed by atoms with van der Waals surface area (Å²) < 4.78 is 49.2. The molecule has 0 atom stereocenters. The van der Waals surface area contributed by atoms with E-state index in [2.05, 4.69) is 33.9 Å². The normalized spacial score (nSPS) is 12.8. The Morgan fingerprint density at radius 2 is 0.811 bits per heavy atom. The monoisotopic (exact) mass is 554 g/mol. The number of rotatable bonds is 24. The number of ether oxygens (including phenoxy) is 8. The third kappa shape index (κ3) is 24.2. The lowest BCUT2D eigenvalue weighted by atomic mass is 10.2. The first kappa shape index (κ1) is 36.4. The van der Waals surface area contributed by atoms with Crippen LogP contribution in [0.5, 0.6) is 0 Å². The third-order valence-electron chi connectivity index (χ3n) is 5.37. The van der Waals surface area contributed by atoms with E-state index in [1.807, 2.05) is 20.8 Å². The third-order valence-corrected chi connectivity index (χ3v) is 9.91. The average molecular weight is 555 g/mol.